The van der Waals surface area contributed by atoms with Crippen LogP contribution in [0.1, 0.15) is 67.3 Å². The van der Waals surface area contributed by atoms with Crippen molar-refractivity contribution in [2.24, 2.45) is 0 Å². The van der Waals surface area contributed by atoms with Crippen LogP contribution < -0.4 is 5.32 Å². The summed E-state index contributed by atoms with van der Waals surface area (Å²) in [6.07, 6.45) is 6.96. The van der Waals surface area contributed by atoms with Crippen LogP contribution in [0, 0.1) is 6.92 Å². The van der Waals surface area contributed by atoms with E-state index in [0.29, 0.717) is 0 Å². The fourth-order valence-electron chi connectivity index (χ4n) is 6.16. The van der Waals surface area contributed by atoms with E-state index in [1.807, 2.05) is 24.3 Å². The fourth-order valence-corrected chi connectivity index (χ4v) is 6.16. The van der Waals surface area contributed by atoms with Crippen molar-refractivity contribution in [2.45, 2.75) is 76.7 Å². The zero-order chi connectivity index (χ0) is 26.1. The van der Waals surface area contributed by atoms with Crippen molar-refractivity contribution >= 4 is 11.8 Å². The maximum atomic E-state index is 12.3. The summed E-state index contributed by atoms with van der Waals surface area (Å²) in [6, 6.07) is 16.6. The van der Waals surface area contributed by atoms with E-state index in [-0.39, 0.29) is 24.4 Å². The lowest BCUT2D eigenvalue weighted by molar-refractivity contribution is -0.0276. The maximum absolute atomic E-state index is 12.3. The van der Waals surface area contributed by atoms with Crippen molar-refractivity contribution in [3.05, 3.63) is 71.2 Å². The van der Waals surface area contributed by atoms with Gasteiger partial charge in [-0.15, -0.1) is 0 Å². The minimum Gasteiger partial charge on any atom is -0.446 e. The lowest BCUT2D eigenvalue weighted by Gasteiger charge is -2.32. The van der Waals surface area contributed by atoms with Gasteiger partial charge >= 0.3 is 6.09 Å². The summed E-state index contributed by atoms with van der Waals surface area (Å²) >= 11 is 0. The summed E-state index contributed by atoms with van der Waals surface area (Å²) in [6.45, 7) is 5.16. The van der Waals surface area contributed by atoms with E-state index in [1.165, 1.54) is 11.1 Å². The zero-order valence-corrected chi connectivity index (χ0v) is 22.5. The molecule has 38 heavy (non-hydrogen) atoms. The number of aryl methyl sites for hydroxylation is 1. The third-order valence-corrected chi connectivity index (χ3v) is 8.40. The Hall–Kier alpha value is -3.16. The van der Waals surface area contributed by atoms with E-state index in [0.717, 1.165) is 93.0 Å². The number of imidazole rings is 1. The number of carbonyl (C=O) groups excluding carboxylic acids is 1. The van der Waals surface area contributed by atoms with E-state index in [9.17, 15) is 4.79 Å². The molecule has 2 aromatic carbocycles. The molecule has 1 saturated heterocycles. The van der Waals surface area contributed by atoms with Gasteiger partial charge < -0.3 is 18.9 Å². The van der Waals surface area contributed by atoms with E-state index in [2.05, 4.69) is 53.0 Å². The Morgan fingerprint density at radius 2 is 1.68 bits per heavy atom. The highest BCUT2D eigenvalue weighted by Crippen LogP contribution is 2.37. The van der Waals surface area contributed by atoms with Gasteiger partial charge in [0.1, 0.15) is 18.0 Å². The van der Waals surface area contributed by atoms with Crippen molar-refractivity contribution in [3.8, 4) is 11.3 Å². The fraction of sp³-hybridized carbons (Fsp3) is 0.484. The van der Waals surface area contributed by atoms with Gasteiger partial charge in [0.15, 0.2) is 0 Å². The molecule has 6 rings (SSSR count). The molecular weight excluding hydrogens is 476 g/mol. The van der Waals surface area contributed by atoms with E-state index in [1.54, 1.807) is 0 Å². The summed E-state index contributed by atoms with van der Waals surface area (Å²) in [5.74, 6) is 0.990. The molecule has 3 aromatic rings. The average Bonchev–Trinajstić information content (AvgIpc) is 3.51. The molecule has 1 aliphatic carbocycles. The Balaban J connectivity index is 1.25. The van der Waals surface area contributed by atoms with Crippen LogP contribution in [-0.4, -0.2) is 52.9 Å². The van der Waals surface area contributed by atoms with Crippen molar-refractivity contribution in [2.75, 3.05) is 25.5 Å². The van der Waals surface area contributed by atoms with Gasteiger partial charge in [-0.2, -0.15) is 0 Å². The molecule has 7 nitrogen and oxygen atoms in total. The van der Waals surface area contributed by atoms with Gasteiger partial charge in [0.2, 0.25) is 0 Å². The number of ether oxygens (including phenoxy) is 2. The lowest BCUT2D eigenvalue weighted by Crippen LogP contribution is -2.35. The van der Waals surface area contributed by atoms with Gasteiger partial charge in [0.05, 0.1) is 11.8 Å². The monoisotopic (exact) mass is 514 g/mol. The number of anilines is 1. The third kappa shape index (κ3) is 5.22. The number of likely N-dealkylation sites (tertiary alicyclic amines) is 1. The van der Waals surface area contributed by atoms with Crippen molar-refractivity contribution < 1.29 is 14.3 Å². The Bertz CT molecular complexity index is 1270. The largest absolute Gasteiger partial charge is 0.446 e. The number of amides is 1. The smallest absolute Gasteiger partial charge is 0.411 e. The first-order chi connectivity index (χ1) is 18.5. The number of aromatic nitrogens is 2. The quantitative estimate of drug-likeness (QED) is 0.445. The molecule has 0 bridgehead atoms. The molecule has 1 amide bonds. The van der Waals surface area contributed by atoms with E-state index in [4.69, 9.17) is 14.5 Å². The van der Waals surface area contributed by atoms with Crippen LogP contribution in [0.5, 0.6) is 0 Å². The van der Waals surface area contributed by atoms with Crippen molar-refractivity contribution in [3.63, 3.8) is 0 Å². The summed E-state index contributed by atoms with van der Waals surface area (Å²) in [4.78, 5) is 19.9. The van der Waals surface area contributed by atoms with Gasteiger partial charge in [0.25, 0.3) is 0 Å². The molecular formula is C31H38N4O3. The molecule has 1 atom stereocenters. The zero-order valence-electron chi connectivity index (χ0n) is 22.5. The van der Waals surface area contributed by atoms with Gasteiger partial charge in [-0.1, -0.05) is 36.4 Å². The van der Waals surface area contributed by atoms with Crippen LogP contribution in [0.2, 0.25) is 0 Å². The van der Waals surface area contributed by atoms with Crippen LogP contribution in [0.15, 0.2) is 48.5 Å². The second-order valence-electron chi connectivity index (χ2n) is 11.0. The molecule has 3 heterocycles. The first kappa shape index (κ1) is 25.1. The topological polar surface area (TPSA) is 68.6 Å². The predicted octanol–water partition coefficient (Wildman–Crippen LogP) is 6.11. The van der Waals surface area contributed by atoms with Crippen molar-refractivity contribution in [1.29, 1.82) is 0 Å². The molecule has 2 aliphatic heterocycles. The number of hydrogen-bond acceptors (Lipinski definition) is 5. The number of carbonyl (C=O) groups is 1. The first-order valence-electron chi connectivity index (χ1n) is 14.1. The minimum absolute atomic E-state index is 0.0488. The van der Waals surface area contributed by atoms with Crippen LogP contribution >= 0.6 is 0 Å². The van der Waals surface area contributed by atoms with Gasteiger partial charge in [-0.25, -0.2) is 9.78 Å². The van der Waals surface area contributed by atoms with E-state index < -0.39 is 0 Å². The lowest BCUT2D eigenvalue weighted by atomic mass is 10.00. The van der Waals surface area contributed by atoms with Crippen LogP contribution in [0.3, 0.4) is 0 Å². The maximum Gasteiger partial charge on any atom is 0.411 e. The molecule has 200 valence electrons. The summed E-state index contributed by atoms with van der Waals surface area (Å²) < 4.78 is 14.8. The Kier molecular flexibility index (Phi) is 7.22. The second-order valence-corrected chi connectivity index (χ2v) is 11.0. The second kappa shape index (κ2) is 10.9. The van der Waals surface area contributed by atoms with Crippen LogP contribution in [0.25, 0.3) is 11.3 Å². The molecule has 1 aromatic heterocycles. The average molecular weight is 515 g/mol. The van der Waals surface area contributed by atoms with Crippen molar-refractivity contribution in [1.82, 2.24) is 14.5 Å². The molecule has 1 unspecified atom stereocenters. The van der Waals surface area contributed by atoms with Gasteiger partial charge in [-0.05, 0) is 82.2 Å². The number of rotatable bonds is 5. The van der Waals surface area contributed by atoms with Gasteiger partial charge in [-0.3, -0.25) is 5.32 Å². The Morgan fingerprint density at radius 1 is 0.947 bits per heavy atom. The third-order valence-electron chi connectivity index (χ3n) is 8.40. The number of piperidine rings is 1. The number of hydrogen-bond donors (Lipinski definition) is 1. The molecule has 1 N–H and O–H groups in total. The standard InChI is InChI=1S/C31H38N4O3/c1-21-28(23-11-13-24(14-12-23)32-31(36)38-25-8-4-5-9-25)33-30-29(37-26-16-18-34(2)19-17-26)27-10-6-3-7-22(27)15-20-35(21)30/h3,6-7,10-14,25-26,29H,4-5,8-9,15-20H2,1-2H3,(H,32,36). The number of nitrogens with one attached hydrogen (secondary N) is 1. The highest BCUT2D eigenvalue weighted by Gasteiger charge is 2.32. The highest BCUT2D eigenvalue weighted by atomic mass is 16.6. The minimum atomic E-state index is -0.373. The van der Waals surface area contributed by atoms with Crippen LogP contribution in [0.4, 0.5) is 10.5 Å². The predicted molar refractivity (Wildman–Crippen MR) is 148 cm³/mol. The molecule has 0 spiro atoms. The number of nitrogens with zero attached hydrogens (tertiary/aromatic N) is 3. The summed E-state index contributed by atoms with van der Waals surface area (Å²) in [5.41, 5.74) is 6.46. The highest BCUT2D eigenvalue weighted by molar-refractivity contribution is 5.85. The Morgan fingerprint density at radius 3 is 2.45 bits per heavy atom. The summed E-state index contributed by atoms with van der Waals surface area (Å²) in [5, 5.41) is 2.88. The normalized spacial score (nSPS) is 20.5. The van der Waals surface area contributed by atoms with Gasteiger partial charge in [0, 0.05) is 36.6 Å². The Labute approximate surface area is 225 Å². The number of fused-ring (bicyclic) bond motifs is 2. The molecule has 0 radical (unpaired) electrons. The summed E-state index contributed by atoms with van der Waals surface area (Å²) in [7, 11) is 2.18. The SMILES string of the molecule is Cc1c(-c2ccc(NC(=O)OC3CCCC3)cc2)nc2n1CCc1ccccc1C2OC1CCN(C)CC1. The first-order valence-corrected chi connectivity index (χ1v) is 14.1. The number of benzene rings is 2. The molecule has 7 heteroatoms. The molecule has 2 fully saturated rings. The molecule has 1 saturated carbocycles. The van der Waals surface area contributed by atoms with E-state index >= 15 is 0 Å². The molecule has 3 aliphatic rings. The van der Waals surface area contributed by atoms with Crippen LogP contribution in [-0.2, 0) is 22.4 Å².